The van der Waals surface area contributed by atoms with E-state index in [-0.39, 0.29) is 36.7 Å². The second kappa shape index (κ2) is 16.1. The van der Waals surface area contributed by atoms with E-state index < -0.39 is 10.2 Å². The molecule has 0 unspecified atom stereocenters. The second-order valence-electron chi connectivity index (χ2n) is 15.5. The first-order valence-corrected chi connectivity index (χ1v) is 21.2. The fraction of sp³-hybridized carbons (Fsp3) is 0.333. The summed E-state index contributed by atoms with van der Waals surface area (Å²) in [6.45, 7) is 6.33. The lowest BCUT2D eigenvalue weighted by atomic mass is 9.89. The van der Waals surface area contributed by atoms with Crippen LogP contribution >= 0.6 is 0 Å². The van der Waals surface area contributed by atoms with Gasteiger partial charge in [-0.1, -0.05) is 42.5 Å². The third kappa shape index (κ3) is 7.50. The van der Waals surface area contributed by atoms with Gasteiger partial charge < -0.3 is 24.2 Å². The third-order valence-corrected chi connectivity index (χ3v) is 14.0. The molecule has 8 rings (SSSR count). The fourth-order valence-corrected chi connectivity index (χ4v) is 9.85. The average molecular weight is 803 g/mol. The average Bonchev–Trinajstić information content (AvgIpc) is 3.55. The van der Waals surface area contributed by atoms with Crippen molar-refractivity contribution in [1.29, 1.82) is 0 Å². The summed E-state index contributed by atoms with van der Waals surface area (Å²) in [7, 11) is 1.28. The van der Waals surface area contributed by atoms with Crippen LogP contribution in [0.15, 0.2) is 97.1 Å². The van der Waals surface area contributed by atoms with Crippen LogP contribution in [0.1, 0.15) is 48.7 Å². The van der Waals surface area contributed by atoms with E-state index in [0.29, 0.717) is 72.9 Å². The molecular formula is C45H50N6O6S. The zero-order valence-corrected chi connectivity index (χ0v) is 34.3. The quantitative estimate of drug-likeness (QED) is 0.206. The first-order chi connectivity index (χ1) is 27.9. The Morgan fingerprint density at radius 3 is 2.21 bits per heavy atom. The number of fused-ring (bicyclic) bond motifs is 2. The van der Waals surface area contributed by atoms with Crippen LogP contribution in [-0.2, 0) is 47.9 Å². The number of morpholine rings is 1. The lowest BCUT2D eigenvalue weighted by molar-refractivity contribution is 0.0193. The minimum atomic E-state index is -3.89. The highest BCUT2D eigenvalue weighted by atomic mass is 32.2. The summed E-state index contributed by atoms with van der Waals surface area (Å²) in [6, 6.07) is 29.5. The maximum atomic E-state index is 15.4. The molecule has 4 aromatic carbocycles. The van der Waals surface area contributed by atoms with E-state index in [1.165, 1.54) is 14.2 Å². The Morgan fingerprint density at radius 2 is 1.48 bits per heavy atom. The molecule has 1 atom stereocenters. The predicted molar refractivity (Wildman–Crippen MR) is 225 cm³/mol. The van der Waals surface area contributed by atoms with Crippen molar-refractivity contribution in [2.24, 2.45) is 7.05 Å². The summed E-state index contributed by atoms with van der Waals surface area (Å²) in [5.41, 5.74) is 8.38. The van der Waals surface area contributed by atoms with E-state index >= 15 is 4.79 Å². The molecule has 12 nitrogen and oxygen atoms in total. The summed E-state index contributed by atoms with van der Waals surface area (Å²) < 4.78 is 38.5. The van der Waals surface area contributed by atoms with Crippen LogP contribution in [0.5, 0.6) is 5.75 Å². The minimum absolute atomic E-state index is 0.105. The van der Waals surface area contributed by atoms with E-state index in [2.05, 4.69) is 23.1 Å². The number of rotatable bonds is 9. The van der Waals surface area contributed by atoms with Crippen LogP contribution in [0.4, 0.5) is 11.4 Å². The molecule has 58 heavy (non-hydrogen) atoms. The smallest absolute Gasteiger partial charge is 0.304 e. The van der Waals surface area contributed by atoms with E-state index in [9.17, 15) is 18.3 Å². The van der Waals surface area contributed by atoms with Gasteiger partial charge in [0.05, 0.1) is 24.5 Å². The maximum absolute atomic E-state index is 15.4. The molecule has 1 fully saturated rings. The normalized spacial score (nSPS) is 17.4. The van der Waals surface area contributed by atoms with Gasteiger partial charge >= 0.3 is 10.2 Å². The van der Waals surface area contributed by atoms with Crippen LogP contribution in [-0.4, -0.2) is 104 Å². The molecule has 3 aliphatic heterocycles. The number of amides is 2. The highest BCUT2D eigenvalue weighted by Crippen LogP contribution is 2.37. The minimum Gasteiger partial charge on any atom is -0.508 e. The van der Waals surface area contributed by atoms with E-state index in [1.807, 2.05) is 65.9 Å². The van der Waals surface area contributed by atoms with Crippen LogP contribution in [0.3, 0.4) is 0 Å². The summed E-state index contributed by atoms with van der Waals surface area (Å²) in [4.78, 5) is 35.4. The van der Waals surface area contributed by atoms with Crippen molar-refractivity contribution in [3.05, 3.63) is 136 Å². The van der Waals surface area contributed by atoms with E-state index in [4.69, 9.17) is 4.74 Å². The van der Waals surface area contributed by atoms with Crippen molar-refractivity contribution in [2.75, 3.05) is 62.7 Å². The SMILES string of the molecule is Cc1c(C(=O)N(C)c2ccc(O)cc2)cc(-c2cc3c(cc2C(=O)N2Cc4ccccc4C[C@H]2CN2CCOCC2)CN(S(=O)(=O)N(C)c2ccccc2)CC3)n1C. The molecule has 5 aromatic rings. The van der Waals surface area contributed by atoms with Gasteiger partial charge in [-0.05, 0) is 96.6 Å². The standard InChI is InChI=1S/C45H50N6O6S/c1-31-40(44(53)47(3)36-14-16-39(52)17-15-36)27-43(46(31)2)41-25-33-18-19-50(58(55,56)48(4)37-12-6-5-7-13-37)28-35(33)26-42(41)45(54)51-29-34-11-9-8-10-32(34)24-38(51)30-49-20-22-57-23-21-49/h5-17,25-27,38,52H,18-24,28-30H2,1-4H3/t38-/m0/s1. The van der Waals surface area contributed by atoms with Gasteiger partial charge in [-0.3, -0.25) is 18.8 Å². The van der Waals surface area contributed by atoms with Gasteiger partial charge in [0, 0.05) is 94.7 Å². The number of phenols is 1. The number of aromatic hydroxyl groups is 1. The molecule has 302 valence electrons. The summed E-state index contributed by atoms with van der Waals surface area (Å²) in [5, 5.41) is 9.85. The van der Waals surface area contributed by atoms with Gasteiger partial charge in [0.2, 0.25) is 0 Å². The molecule has 0 spiro atoms. The number of carbonyl (C=O) groups excluding carboxylic acids is 2. The van der Waals surface area contributed by atoms with Crippen molar-refractivity contribution in [2.45, 2.75) is 38.9 Å². The number of para-hydroxylation sites is 1. The Balaban J connectivity index is 1.21. The molecule has 4 heterocycles. The zero-order valence-electron chi connectivity index (χ0n) is 33.5. The molecule has 0 saturated carbocycles. The van der Waals surface area contributed by atoms with Gasteiger partial charge in [0.1, 0.15) is 5.75 Å². The fourth-order valence-electron chi connectivity index (χ4n) is 8.49. The number of hydrogen-bond donors (Lipinski definition) is 1. The Kier molecular flexibility index (Phi) is 10.9. The number of aromatic nitrogens is 1. The first-order valence-electron chi connectivity index (χ1n) is 19.8. The molecule has 0 radical (unpaired) electrons. The zero-order chi connectivity index (χ0) is 40.7. The summed E-state index contributed by atoms with van der Waals surface area (Å²) in [6.07, 6.45) is 1.16. The van der Waals surface area contributed by atoms with Crippen LogP contribution in [0.2, 0.25) is 0 Å². The van der Waals surface area contributed by atoms with E-state index in [0.717, 1.165) is 35.5 Å². The Hall–Kier alpha value is -5.47. The number of benzene rings is 4. The number of hydrogen-bond acceptors (Lipinski definition) is 7. The Morgan fingerprint density at radius 1 is 0.793 bits per heavy atom. The molecule has 0 bridgehead atoms. The van der Waals surface area contributed by atoms with E-state index in [1.54, 1.807) is 55.4 Å². The molecule has 1 N–H and O–H groups in total. The molecule has 1 aromatic heterocycles. The molecule has 2 amide bonds. The predicted octanol–water partition coefficient (Wildman–Crippen LogP) is 5.62. The summed E-state index contributed by atoms with van der Waals surface area (Å²) in [5.74, 6) is -0.252. The van der Waals surface area contributed by atoms with Crippen molar-refractivity contribution >= 4 is 33.4 Å². The molecule has 13 heteroatoms. The van der Waals surface area contributed by atoms with Gasteiger partial charge in [-0.15, -0.1) is 0 Å². The monoisotopic (exact) mass is 802 g/mol. The Bertz CT molecular complexity index is 2450. The van der Waals surface area contributed by atoms with Crippen molar-refractivity contribution < 1.29 is 27.9 Å². The first kappa shape index (κ1) is 39.4. The Labute approximate surface area is 340 Å². The molecular weight excluding hydrogens is 753 g/mol. The van der Waals surface area contributed by atoms with Crippen LogP contribution in [0, 0.1) is 6.92 Å². The van der Waals surface area contributed by atoms with Crippen molar-refractivity contribution in [1.82, 2.24) is 18.7 Å². The van der Waals surface area contributed by atoms with Crippen LogP contribution in [0.25, 0.3) is 11.3 Å². The number of nitrogens with zero attached hydrogens (tertiary/aromatic N) is 6. The lowest BCUT2D eigenvalue weighted by Gasteiger charge is -2.41. The highest BCUT2D eigenvalue weighted by Gasteiger charge is 2.36. The summed E-state index contributed by atoms with van der Waals surface area (Å²) >= 11 is 0. The lowest BCUT2D eigenvalue weighted by Crippen LogP contribution is -2.52. The third-order valence-electron chi connectivity index (χ3n) is 12.1. The second-order valence-corrected chi connectivity index (χ2v) is 17.5. The molecule has 1 saturated heterocycles. The van der Waals surface area contributed by atoms with Crippen molar-refractivity contribution in [3.8, 4) is 17.0 Å². The number of phenolic OH excluding ortho intramolecular Hbond substituents is 1. The van der Waals surface area contributed by atoms with Crippen molar-refractivity contribution in [3.63, 3.8) is 0 Å². The maximum Gasteiger partial charge on any atom is 0.304 e. The largest absolute Gasteiger partial charge is 0.508 e. The van der Waals surface area contributed by atoms with Gasteiger partial charge in [0.25, 0.3) is 11.8 Å². The molecule has 3 aliphatic rings. The highest BCUT2D eigenvalue weighted by molar-refractivity contribution is 7.90. The number of ether oxygens (including phenoxy) is 1. The van der Waals surface area contributed by atoms with Gasteiger partial charge in [-0.25, -0.2) is 0 Å². The number of carbonyl (C=O) groups is 2. The molecule has 0 aliphatic carbocycles. The van der Waals surface area contributed by atoms with Gasteiger partial charge in [-0.2, -0.15) is 12.7 Å². The number of anilines is 2. The topological polar surface area (TPSA) is 119 Å². The van der Waals surface area contributed by atoms with Crippen LogP contribution < -0.4 is 9.21 Å². The van der Waals surface area contributed by atoms with Gasteiger partial charge in [0.15, 0.2) is 0 Å².